The molecule has 0 bridgehead atoms. The van der Waals surface area contributed by atoms with Crippen molar-refractivity contribution in [2.75, 3.05) is 10.6 Å². The second-order valence-electron chi connectivity index (χ2n) is 6.18. The Bertz CT molecular complexity index is 1030. The molecule has 26 heavy (non-hydrogen) atoms. The molecule has 3 aromatic heterocycles. The van der Waals surface area contributed by atoms with E-state index in [0.29, 0.717) is 23.8 Å². The number of imidazole rings is 1. The van der Waals surface area contributed by atoms with Crippen LogP contribution in [0.1, 0.15) is 11.3 Å². The Labute approximate surface area is 150 Å². The molecule has 0 saturated carbocycles. The molecule has 2 N–H and O–H groups in total. The zero-order valence-corrected chi connectivity index (χ0v) is 14.9. The summed E-state index contributed by atoms with van der Waals surface area (Å²) in [6, 6.07) is 12.1. The predicted octanol–water partition coefficient (Wildman–Crippen LogP) is 2.76. The Morgan fingerprint density at radius 1 is 1.08 bits per heavy atom. The fourth-order valence-corrected chi connectivity index (χ4v) is 2.69. The van der Waals surface area contributed by atoms with Gasteiger partial charge >= 0.3 is 0 Å². The van der Waals surface area contributed by atoms with Crippen molar-refractivity contribution in [1.82, 2.24) is 29.3 Å². The van der Waals surface area contributed by atoms with Crippen LogP contribution in [0.2, 0.25) is 0 Å². The van der Waals surface area contributed by atoms with Gasteiger partial charge in [0.05, 0.1) is 6.33 Å². The molecule has 8 heteroatoms. The molecule has 4 aromatic rings. The van der Waals surface area contributed by atoms with Gasteiger partial charge in [0.15, 0.2) is 22.8 Å². The van der Waals surface area contributed by atoms with Crippen molar-refractivity contribution >= 4 is 28.7 Å². The van der Waals surface area contributed by atoms with Crippen LogP contribution in [-0.2, 0) is 20.6 Å². The second kappa shape index (κ2) is 6.47. The second-order valence-corrected chi connectivity index (χ2v) is 6.18. The topological polar surface area (TPSA) is 85.5 Å². The average molecular weight is 348 g/mol. The SMILES string of the molecule is Cc1cc(Nc2nc(NCc3ccccc3)nc3c2ncn3C)nn1C. The number of hydrogen-bond donors (Lipinski definition) is 2. The standard InChI is InChI=1S/C18H20N8/c1-12-9-14(24-26(12)3)21-16-15-17(25(2)11-20-15)23-18(22-16)19-10-13-7-5-4-6-8-13/h4-9,11H,10H2,1-3H3,(H2,19,21,22,23,24). The smallest absolute Gasteiger partial charge is 0.227 e. The molecular formula is C18H20N8. The highest BCUT2D eigenvalue weighted by atomic mass is 15.3. The van der Waals surface area contributed by atoms with Crippen LogP contribution in [0.4, 0.5) is 17.6 Å². The van der Waals surface area contributed by atoms with Gasteiger partial charge in [-0.15, -0.1) is 0 Å². The third-order valence-corrected chi connectivity index (χ3v) is 4.21. The third kappa shape index (κ3) is 3.08. The number of fused-ring (bicyclic) bond motifs is 1. The molecule has 0 fully saturated rings. The molecule has 0 radical (unpaired) electrons. The molecule has 0 saturated heterocycles. The molecule has 1 aromatic carbocycles. The largest absolute Gasteiger partial charge is 0.350 e. The van der Waals surface area contributed by atoms with Crippen molar-refractivity contribution in [2.24, 2.45) is 14.1 Å². The zero-order chi connectivity index (χ0) is 18.1. The number of anilines is 3. The van der Waals surface area contributed by atoms with Gasteiger partial charge in [0, 0.05) is 32.4 Å². The molecule has 132 valence electrons. The monoisotopic (exact) mass is 348 g/mol. The lowest BCUT2D eigenvalue weighted by Crippen LogP contribution is -2.07. The van der Waals surface area contributed by atoms with Crippen LogP contribution in [0, 0.1) is 6.92 Å². The third-order valence-electron chi connectivity index (χ3n) is 4.21. The van der Waals surface area contributed by atoms with Gasteiger partial charge in [0.2, 0.25) is 5.95 Å². The van der Waals surface area contributed by atoms with E-state index < -0.39 is 0 Å². The molecule has 0 spiro atoms. The minimum atomic E-state index is 0.542. The molecule has 0 amide bonds. The van der Waals surface area contributed by atoms with Crippen LogP contribution in [-0.4, -0.2) is 29.3 Å². The van der Waals surface area contributed by atoms with Gasteiger partial charge in [-0.3, -0.25) is 4.68 Å². The van der Waals surface area contributed by atoms with Gasteiger partial charge in [-0.1, -0.05) is 30.3 Å². The maximum Gasteiger partial charge on any atom is 0.227 e. The summed E-state index contributed by atoms with van der Waals surface area (Å²) in [6.45, 7) is 2.65. The van der Waals surface area contributed by atoms with E-state index in [1.54, 1.807) is 6.33 Å². The van der Waals surface area contributed by atoms with Crippen molar-refractivity contribution < 1.29 is 0 Å². The van der Waals surface area contributed by atoms with Crippen molar-refractivity contribution in [1.29, 1.82) is 0 Å². The Morgan fingerprint density at radius 3 is 2.62 bits per heavy atom. The zero-order valence-electron chi connectivity index (χ0n) is 14.9. The Hall–Kier alpha value is -3.42. The lowest BCUT2D eigenvalue weighted by Gasteiger charge is -2.09. The van der Waals surface area contributed by atoms with Crippen LogP contribution in [0.5, 0.6) is 0 Å². The summed E-state index contributed by atoms with van der Waals surface area (Å²) >= 11 is 0. The highest BCUT2D eigenvalue weighted by Gasteiger charge is 2.13. The summed E-state index contributed by atoms with van der Waals surface area (Å²) < 4.78 is 3.69. The highest BCUT2D eigenvalue weighted by molar-refractivity contribution is 5.86. The van der Waals surface area contributed by atoms with E-state index in [4.69, 9.17) is 0 Å². The summed E-state index contributed by atoms with van der Waals surface area (Å²) in [6.07, 6.45) is 1.73. The highest BCUT2D eigenvalue weighted by Crippen LogP contribution is 2.23. The van der Waals surface area contributed by atoms with Gasteiger partial charge in [0.1, 0.15) is 0 Å². The van der Waals surface area contributed by atoms with Crippen LogP contribution < -0.4 is 10.6 Å². The van der Waals surface area contributed by atoms with E-state index in [9.17, 15) is 0 Å². The molecule has 4 rings (SSSR count). The van der Waals surface area contributed by atoms with E-state index in [2.05, 4.69) is 42.8 Å². The fourth-order valence-electron chi connectivity index (χ4n) is 2.69. The van der Waals surface area contributed by atoms with Crippen LogP contribution in [0.15, 0.2) is 42.7 Å². The Kier molecular flexibility index (Phi) is 4.00. The summed E-state index contributed by atoms with van der Waals surface area (Å²) in [7, 11) is 3.82. The molecule has 0 aliphatic rings. The van der Waals surface area contributed by atoms with E-state index in [0.717, 1.165) is 22.7 Å². The van der Waals surface area contributed by atoms with Crippen LogP contribution in [0.3, 0.4) is 0 Å². The van der Waals surface area contributed by atoms with E-state index in [-0.39, 0.29) is 0 Å². The van der Waals surface area contributed by atoms with Gasteiger partial charge < -0.3 is 15.2 Å². The fraction of sp³-hybridized carbons (Fsp3) is 0.222. The minimum absolute atomic E-state index is 0.542. The van der Waals surface area contributed by atoms with Crippen molar-refractivity contribution in [3.05, 3.63) is 54.0 Å². The quantitative estimate of drug-likeness (QED) is 0.577. The van der Waals surface area contributed by atoms with Crippen LogP contribution in [0.25, 0.3) is 11.2 Å². The number of aryl methyl sites for hydroxylation is 3. The summed E-state index contributed by atoms with van der Waals surface area (Å²) in [5.41, 5.74) is 3.68. The first kappa shape index (κ1) is 16.1. The van der Waals surface area contributed by atoms with E-state index >= 15 is 0 Å². The maximum atomic E-state index is 4.61. The van der Waals surface area contributed by atoms with Gasteiger partial charge in [-0.2, -0.15) is 15.1 Å². The summed E-state index contributed by atoms with van der Waals surface area (Å²) in [5.74, 6) is 1.90. The number of benzene rings is 1. The first-order valence-electron chi connectivity index (χ1n) is 8.34. The molecule has 3 heterocycles. The number of rotatable bonds is 5. The number of nitrogens with zero attached hydrogens (tertiary/aromatic N) is 6. The first-order valence-corrected chi connectivity index (χ1v) is 8.34. The molecule has 0 aliphatic heterocycles. The summed E-state index contributed by atoms with van der Waals surface area (Å²) in [5, 5.41) is 11.0. The predicted molar refractivity (Wildman–Crippen MR) is 101 cm³/mol. The first-order chi connectivity index (χ1) is 12.6. The Morgan fingerprint density at radius 2 is 1.88 bits per heavy atom. The van der Waals surface area contributed by atoms with E-state index in [1.165, 1.54) is 0 Å². The number of hydrogen-bond acceptors (Lipinski definition) is 6. The number of aromatic nitrogens is 6. The van der Waals surface area contributed by atoms with Crippen LogP contribution >= 0.6 is 0 Å². The van der Waals surface area contributed by atoms with Crippen molar-refractivity contribution in [2.45, 2.75) is 13.5 Å². The minimum Gasteiger partial charge on any atom is -0.350 e. The lowest BCUT2D eigenvalue weighted by atomic mass is 10.2. The Balaban J connectivity index is 1.67. The van der Waals surface area contributed by atoms with E-state index in [1.807, 2.05) is 54.5 Å². The molecule has 0 atom stereocenters. The average Bonchev–Trinajstić information content (AvgIpc) is 3.17. The normalized spacial score (nSPS) is 11.0. The van der Waals surface area contributed by atoms with Gasteiger partial charge in [-0.25, -0.2) is 4.98 Å². The van der Waals surface area contributed by atoms with Crippen molar-refractivity contribution in [3.63, 3.8) is 0 Å². The van der Waals surface area contributed by atoms with Gasteiger partial charge in [-0.05, 0) is 12.5 Å². The van der Waals surface area contributed by atoms with Crippen molar-refractivity contribution in [3.8, 4) is 0 Å². The lowest BCUT2D eigenvalue weighted by molar-refractivity contribution is 0.743. The summed E-state index contributed by atoms with van der Waals surface area (Å²) in [4.78, 5) is 13.6. The molecule has 0 aliphatic carbocycles. The molecule has 0 unspecified atom stereocenters. The molecular weight excluding hydrogens is 328 g/mol. The number of nitrogens with one attached hydrogen (secondary N) is 2. The molecule has 8 nitrogen and oxygen atoms in total. The maximum absolute atomic E-state index is 4.61. The van der Waals surface area contributed by atoms with Gasteiger partial charge in [0.25, 0.3) is 0 Å².